The minimum Gasteiger partial charge on any atom is -0.383 e. The van der Waals surface area contributed by atoms with E-state index in [-0.39, 0.29) is 22.0 Å². The summed E-state index contributed by atoms with van der Waals surface area (Å²) in [7, 11) is -2.65. The van der Waals surface area contributed by atoms with Gasteiger partial charge in [0.2, 0.25) is 0 Å². The monoisotopic (exact) mass is 308 g/mol. The van der Waals surface area contributed by atoms with Crippen LogP contribution in [-0.4, -0.2) is 39.8 Å². The zero-order valence-corrected chi connectivity index (χ0v) is 11.6. The lowest BCUT2D eigenvalue weighted by molar-refractivity contribution is 0.0937. The van der Waals surface area contributed by atoms with E-state index in [4.69, 9.17) is 21.5 Å². The molecule has 1 aromatic rings. The molecule has 3 N–H and O–H groups in total. The SMILES string of the molecule is COCCNC(=O)c1ccc(Cl)c(S(=O)(=O)NO)c1. The van der Waals surface area contributed by atoms with E-state index >= 15 is 0 Å². The predicted molar refractivity (Wildman–Crippen MR) is 67.8 cm³/mol. The summed E-state index contributed by atoms with van der Waals surface area (Å²) in [6.07, 6.45) is 0. The number of nitrogens with one attached hydrogen (secondary N) is 2. The fourth-order valence-electron chi connectivity index (χ4n) is 1.27. The van der Waals surface area contributed by atoms with Gasteiger partial charge >= 0.3 is 0 Å². The first-order valence-electron chi connectivity index (χ1n) is 5.15. The number of halogens is 1. The molecule has 7 nitrogen and oxygen atoms in total. The molecule has 0 bridgehead atoms. The van der Waals surface area contributed by atoms with Gasteiger partial charge in [-0.25, -0.2) is 8.42 Å². The molecule has 0 fully saturated rings. The highest BCUT2D eigenvalue weighted by Gasteiger charge is 2.19. The summed E-state index contributed by atoms with van der Waals surface area (Å²) in [4.78, 5) is 12.5. The van der Waals surface area contributed by atoms with E-state index in [9.17, 15) is 13.2 Å². The molecule has 0 aliphatic rings. The molecule has 1 aromatic carbocycles. The predicted octanol–water partition coefficient (Wildman–Crippen LogP) is 0.384. The molecule has 0 saturated heterocycles. The van der Waals surface area contributed by atoms with Gasteiger partial charge in [-0.3, -0.25) is 4.79 Å². The lowest BCUT2D eigenvalue weighted by atomic mass is 10.2. The summed E-state index contributed by atoms with van der Waals surface area (Å²) in [6, 6.07) is 3.71. The number of sulfonamides is 1. The van der Waals surface area contributed by atoms with Gasteiger partial charge in [0.1, 0.15) is 4.90 Å². The normalized spacial score (nSPS) is 11.3. The summed E-state index contributed by atoms with van der Waals surface area (Å²) in [5, 5.41) is 11.0. The van der Waals surface area contributed by atoms with Crippen molar-refractivity contribution in [1.29, 1.82) is 0 Å². The molecular formula is C10H13ClN2O5S. The molecule has 0 spiro atoms. The number of amides is 1. The third-order valence-corrected chi connectivity index (χ3v) is 3.79. The van der Waals surface area contributed by atoms with E-state index in [1.807, 2.05) is 0 Å². The Hall–Kier alpha value is -1.19. The first-order valence-corrected chi connectivity index (χ1v) is 7.01. The molecule has 0 aliphatic carbocycles. The number of hydrogen-bond donors (Lipinski definition) is 3. The van der Waals surface area contributed by atoms with Gasteiger partial charge in [0, 0.05) is 19.2 Å². The van der Waals surface area contributed by atoms with Crippen LogP contribution in [0.15, 0.2) is 23.1 Å². The van der Waals surface area contributed by atoms with Crippen molar-refractivity contribution < 1.29 is 23.2 Å². The Labute approximate surface area is 115 Å². The van der Waals surface area contributed by atoms with E-state index in [0.717, 1.165) is 11.0 Å². The Morgan fingerprint density at radius 2 is 2.16 bits per heavy atom. The van der Waals surface area contributed by atoms with E-state index in [2.05, 4.69) is 5.32 Å². The van der Waals surface area contributed by atoms with Crippen LogP contribution in [0.1, 0.15) is 10.4 Å². The van der Waals surface area contributed by atoms with Crippen molar-refractivity contribution in [1.82, 2.24) is 10.2 Å². The van der Waals surface area contributed by atoms with E-state index in [1.54, 1.807) is 0 Å². The molecule has 0 aromatic heterocycles. The van der Waals surface area contributed by atoms with Gasteiger partial charge in [0.15, 0.2) is 0 Å². The molecule has 19 heavy (non-hydrogen) atoms. The number of rotatable bonds is 6. The lowest BCUT2D eigenvalue weighted by Crippen LogP contribution is -2.27. The number of carbonyl (C=O) groups excluding carboxylic acids is 1. The molecule has 106 valence electrons. The van der Waals surface area contributed by atoms with Gasteiger partial charge in [0.05, 0.1) is 11.6 Å². The molecule has 0 aliphatic heterocycles. The topological polar surface area (TPSA) is 105 Å². The second kappa shape index (κ2) is 6.83. The van der Waals surface area contributed by atoms with E-state index < -0.39 is 15.9 Å². The third kappa shape index (κ3) is 4.15. The summed E-state index contributed by atoms with van der Waals surface area (Å²) in [5.41, 5.74) is 0.106. The molecule has 1 amide bonds. The van der Waals surface area contributed by atoms with Crippen molar-refractivity contribution in [2.75, 3.05) is 20.3 Å². The Kier molecular flexibility index (Phi) is 5.70. The van der Waals surface area contributed by atoms with E-state index in [1.165, 1.54) is 19.2 Å². The number of methoxy groups -OCH3 is 1. The van der Waals surface area contributed by atoms with Crippen molar-refractivity contribution in [3.05, 3.63) is 28.8 Å². The number of ether oxygens (including phenoxy) is 1. The van der Waals surface area contributed by atoms with E-state index in [0.29, 0.717) is 6.61 Å². The standard InChI is InChI=1S/C10H13ClN2O5S/c1-18-5-4-12-10(14)7-2-3-8(11)9(6-7)19(16,17)13-15/h2-3,6,13,15H,4-5H2,1H3,(H,12,14). The minimum absolute atomic E-state index is 0.102. The summed E-state index contributed by atoms with van der Waals surface area (Å²) in [5.74, 6) is -0.469. The summed E-state index contributed by atoms with van der Waals surface area (Å²) >= 11 is 5.71. The minimum atomic E-state index is -4.14. The first-order chi connectivity index (χ1) is 8.92. The van der Waals surface area contributed by atoms with Crippen molar-refractivity contribution in [3.63, 3.8) is 0 Å². The summed E-state index contributed by atoms with van der Waals surface area (Å²) < 4.78 is 27.7. The van der Waals surface area contributed by atoms with Gasteiger partial charge in [-0.15, -0.1) is 0 Å². The van der Waals surface area contributed by atoms with Crippen LogP contribution in [0.25, 0.3) is 0 Å². The van der Waals surface area contributed by atoms with Crippen LogP contribution in [0, 0.1) is 0 Å². The maximum absolute atomic E-state index is 11.7. The highest BCUT2D eigenvalue weighted by molar-refractivity contribution is 7.89. The highest BCUT2D eigenvalue weighted by atomic mass is 35.5. The Bertz CT molecular complexity index is 561. The summed E-state index contributed by atoms with van der Waals surface area (Å²) in [6.45, 7) is 0.626. The first kappa shape index (κ1) is 15.9. The van der Waals surface area contributed by atoms with Crippen LogP contribution in [0.3, 0.4) is 0 Å². The van der Waals surface area contributed by atoms with Crippen LogP contribution >= 0.6 is 11.6 Å². The zero-order valence-electron chi connectivity index (χ0n) is 10.0. The van der Waals surface area contributed by atoms with Crippen molar-refractivity contribution in [3.8, 4) is 0 Å². The van der Waals surface area contributed by atoms with Gasteiger partial charge in [-0.2, -0.15) is 0 Å². The van der Waals surface area contributed by atoms with Crippen LogP contribution in [0.2, 0.25) is 5.02 Å². The van der Waals surface area contributed by atoms with Crippen LogP contribution in [0.5, 0.6) is 0 Å². The second-order valence-electron chi connectivity index (χ2n) is 3.49. The number of hydrogen-bond acceptors (Lipinski definition) is 5. The van der Waals surface area contributed by atoms with Gasteiger partial charge in [-0.05, 0) is 18.2 Å². The Morgan fingerprint density at radius 1 is 1.47 bits per heavy atom. The number of benzene rings is 1. The molecular weight excluding hydrogens is 296 g/mol. The largest absolute Gasteiger partial charge is 0.383 e. The average molecular weight is 309 g/mol. The maximum Gasteiger partial charge on any atom is 0.263 e. The zero-order chi connectivity index (χ0) is 14.5. The van der Waals surface area contributed by atoms with Crippen molar-refractivity contribution in [2.45, 2.75) is 4.90 Å². The molecule has 0 saturated carbocycles. The fourth-order valence-corrected chi connectivity index (χ4v) is 2.40. The highest BCUT2D eigenvalue weighted by Crippen LogP contribution is 2.22. The number of carbonyl (C=O) groups is 1. The van der Waals surface area contributed by atoms with Crippen molar-refractivity contribution >= 4 is 27.5 Å². The van der Waals surface area contributed by atoms with Crippen LogP contribution in [0.4, 0.5) is 0 Å². The molecule has 0 unspecified atom stereocenters. The second-order valence-corrected chi connectivity index (χ2v) is 5.53. The maximum atomic E-state index is 11.7. The molecule has 1 rings (SSSR count). The molecule has 0 heterocycles. The van der Waals surface area contributed by atoms with Crippen molar-refractivity contribution in [2.24, 2.45) is 0 Å². The quantitative estimate of drug-likeness (QED) is 0.520. The van der Waals surface area contributed by atoms with Crippen LogP contribution in [-0.2, 0) is 14.8 Å². The fraction of sp³-hybridized carbons (Fsp3) is 0.300. The van der Waals surface area contributed by atoms with Gasteiger partial charge < -0.3 is 15.3 Å². The van der Waals surface area contributed by atoms with Gasteiger partial charge in [0.25, 0.3) is 15.9 Å². The van der Waals surface area contributed by atoms with Gasteiger partial charge in [-0.1, -0.05) is 16.5 Å². The average Bonchev–Trinajstić information content (AvgIpc) is 2.39. The molecule has 9 heteroatoms. The molecule has 0 atom stereocenters. The Balaban J connectivity index is 3.00. The lowest BCUT2D eigenvalue weighted by Gasteiger charge is -2.08. The third-order valence-electron chi connectivity index (χ3n) is 2.19. The smallest absolute Gasteiger partial charge is 0.263 e. The molecule has 0 radical (unpaired) electrons. The Morgan fingerprint density at radius 3 is 2.74 bits per heavy atom. The van der Waals surface area contributed by atoms with Crippen LogP contribution < -0.4 is 10.2 Å².